The second-order valence-corrected chi connectivity index (χ2v) is 6.61. The summed E-state index contributed by atoms with van der Waals surface area (Å²) < 4.78 is 5.23. The Morgan fingerprint density at radius 3 is 2.75 bits per heavy atom. The monoisotopic (exact) mass is 296 g/mol. The van der Waals surface area contributed by atoms with Crippen LogP contribution in [0.1, 0.15) is 38.7 Å². The van der Waals surface area contributed by atoms with Gasteiger partial charge in [-0.15, -0.1) is 0 Å². The molecule has 0 aliphatic heterocycles. The lowest BCUT2D eigenvalue weighted by atomic mass is 10.1. The number of halogens is 1. The highest BCUT2D eigenvalue weighted by Crippen LogP contribution is 2.49. The van der Waals surface area contributed by atoms with Gasteiger partial charge in [-0.1, -0.05) is 11.6 Å². The molecule has 1 aromatic rings. The molecule has 3 N–H and O–H groups in total. The fourth-order valence-corrected chi connectivity index (χ4v) is 2.47. The summed E-state index contributed by atoms with van der Waals surface area (Å²) in [6.45, 7) is 6.16. The Hall–Kier alpha value is -1.26. The van der Waals surface area contributed by atoms with Crippen molar-refractivity contribution in [1.82, 2.24) is 0 Å². The summed E-state index contributed by atoms with van der Waals surface area (Å²) in [7, 11) is 0. The lowest BCUT2D eigenvalue weighted by molar-refractivity contribution is 0.0636. The smallest absolute Gasteiger partial charge is 0.412 e. The Morgan fingerprint density at radius 2 is 2.20 bits per heavy atom. The predicted octanol–water partition coefficient (Wildman–Crippen LogP) is 3.75. The van der Waals surface area contributed by atoms with Gasteiger partial charge in [0, 0.05) is 10.7 Å². The van der Waals surface area contributed by atoms with E-state index in [2.05, 4.69) is 5.32 Å². The SMILES string of the molecule is CC(C)(C)OC(=O)Nc1ccc(Cl)c([C@@H]2C[C@H]2CN)c1. The van der Waals surface area contributed by atoms with Crippen molar-refractivity contribution in [2.24, 2.45) is 11.7 Å². The van der Waals surface area contributed by atoms with Gasteiger partial charge in [0.1, 0.15) is 5.60 Å². The van der Waals surface area contributed by atoms with E-state index in [0.29, 0.717) is 24.1 Å². The number of carbonyl (C=O) groups excluding carboxylic acids is 1. The number of nitrogens with one attached hydrogen (secondary N) is 1. The van der Waals surface area contributed by atoms with Gasteiger partial charge in [-0.25, -0.2) is 4.79 Å². The summed E-state index contributed by atoms with van der Waals surface area (Å²) in [6, 6.07) is 5.48. The zero-order valence-electron chi connectivity index (χ0n) is 12.1. The maximum Gasteiger partial charge on any atom is 0.412 e. The zero-order chi connectivity index (χ0) is 14.9. The van der Waals surface area contributed by atoms with Gasteiger partial charge in [-0.05, 0) is 69.3 Å². The highest BCUT2D eigenvalue weighted by molar-refractivity contribution is 6.31. The molecule has 0 aromatic heterocycles. The van der Waals surface area contributed by atoms with Crippen LogP contribution < -0.4 is 11.1 Å². The lowest BCUT2D eigenvalue weighted by Crippen LogP contribution is -2.27. The van der Waals surface area contributed by atoms with Gasteiger partial charge in [0.2, 0.25) is 0 Å². The number of carbonyl (C=O) groups is 1. The fourth-order valence-electron chi connectivity index (χ4n) is 2.22. The molecule has 110 valence electrons. The van der Waals surface area contributed by atoms with Crippen molar-refractivity contribution in [2.75, 3.05) is 11.9 Å². The van der Waals surface area contributed by atoms with Crippen molar-refractivity contribution >= 4 is 23.4 Å². The number of benzene rings is 1. The molecule has 0 spiro atoms. The molecule has 0 radical (unpaired) electrons. The second-order valence-electron chi connectivity index (χ2n) is 6.20. The summed E-state index contributed by atoms with van der Waals surface area (Å²) >= 11 is 6.21. The third-order valence-corrected chi connectivity index (χ3v) is 3.61. The molecule has 20 heavy (non-hydrogen) atoms. The van der Waals surface area contributed by atoms with Crippen LogP contribution in [0.2, 0.25) is 5.02 Å². The number of hydrogen-bond donors (Lipinski definition) is 2. The van der Waals surface area contributed by atoms with E-state index in [4.69, 9.17) is 22.1 Å². The van der Waals surface area contributed by atoms with Gasteiger partial charge in [0.05, 0.1) is 0 Å². The van der Waals surface area contributed by atoms with Crippen LogP contribution in [0, 0.1) is 5.92 Å². The third kappa shape index (κ3) is 3.87. The Morgan fingerprint density at radius 1 is 1.50 bits per heavy atom. The topological polar surface area (TPSA) is 64.3 Å². The normalized spacial score (nSPS) is 21.4. The molecule has 1 amide bonds. The molecule has 0 saturated heterocycles. The number of anilines is 1. The van der Waals surface area contributed by atoms with Crippen LogP contribution in [-0.2, 0) is 4.74 Å². The summed E-state index contributed by atoms with van der Waals surface area (Å²) in [5.41, 5.74) is 6.90. The molecular formula is C15H21ClN2O2. The molecule has 1 aliphatic rings. The van der Waals surface area contributed by atoms with Crippen LogP contribution >= 0.6 is 11.6 Å². The van der Waals surface area contributed by atoms with Crippen molar-refractivity contribution in [2.45, 2.75) is 38.7 Å². The van der Waals surface area contributed by atoms with E-state index in [0.717, 1.165) is 17.0 Å². The Kier molecular flexibility index (Phi) is 4.25. The average molecular weight is 297 g/mol. The van der Waals surface area contributed by atoms with Gasteiger partial charge in [-0.3, -0.25) is 5.32 Å². The molecule has 1 aliphatic carbocycles. The van der Waals surface area contributed by atoms with Gasteiger partial charge in [0.25, 0.3) is 0 Å². The molecule has 1 aromatic carbocycles. The number of hydrogen-bond acceptors (Lipinski definition) is 3. The quantitative estimate of drug-likeness (QED) is 0.893. The van der Waals surface area contributed by atoms with Gasteiger partial charge in [-0.2, -0.15) is 0 Å². The predicted molar refractivity (Wildman–Crippen MR) is 81.2 cm³/mol. The number of nitrogens with two attached hydrogens (primary N) is 1. The van der Waals surface area contributed by atoms with E-state index >= 15 is 0 Å². The minimum atomic E-state index is -0.513. The number of rotatable bonds is 3. The van der Waals surface area contributed by atoms with E-state index in [9.17, 15) is 4.79 Å². The molecule has 0 bridgehead atoms. The van der Waals surface area contributed by atoms with Crippen molar-refractivity contribution < 1.29 is 9.53 Å². The van der Waals surface area contributed by atoms with Crippen molar-refractivity contribution in [3.8, 4) is 0 Å². The molecule has 0 unspecified atom stereocenters. The van der Waals surface area contributed by atoms with Crippen LogP contribution in [0.4, 0.5) is 10.5 Å². The standard InChI is InChI=1S/C15H21ClN2O2/c1-15(2,3)20-14(19)18-10-4-5-13(16)12(7-10)11-6-9(11)8-17/h4-5,7,9,11H,6,8,17H2,1-3H3,(H,18,19)/t9-,11+/m0/s1. The van der Waals surface area contributed by atoms with E-state index in [1.165, 1.54) is 0 Å². The fraction of sp³-hybridized carbons (Fsp3) is 0.533. The summed E-state index contributed by atoms with van der Waals surface area (Å²) in [5.74, 6) is 0.914. The highest BCUT2D eigenvalue weighted by atomic mass is 35.5. The van der Waals surface area contributed by atoms with Gasteiger partial charge < -0.3 is 10.5 Å². The lowest BCUT2D eigenvalue weighted by Gasteiger charge is -2.20. The zero-order valence-corrected chi connectivity index (χ0v) is 12.8. The van der Waals surface area contributed by atoms with E-state index in [1.807, 2.05) is 26.8 Å². The number of amides is 1. The minimum absolute atomic E-state index is 0.410. The van der Waals surface area contributed by atoms with Crippen LogP contribution in [-0.4, -0.2) is 18.2 Å². The molecular weight excluding hydrogens is 276 g/mol. The molecule has 2 atom stereocenters. The molecule has 0 heterocycles. The Balaban J connectivity index is 2.06. The third-order valence-electron chi connectivity index (χ3n) is 3.27. The largest absolute Gasteiger partial charge is 0.444 e. The van der Waals surface area contributed by atoms with Gasteiger partial charge >= 0.3 is 6.09 Å². The Bertz CT molecular complexity index is 511. The minimum Gasteiger partial charge on any atom is -0.444 e. The van der Waals surface area contributed by atoms with Crippen LogP contribution in [0.5, 0.6) is 0 Å². The van der Waals surface area contributed by atoms with Crippen LogP contribution in [0.15, 0.2) is 18.2 Å². The molecule has 5 heteroatoms. The van der Waals surface area contributed by atoms with E-state index in [1.54, 1.807) is 12.1 Å². The first-order valence-corrected chi connectivity index (χ1v) is 7.17. The first kappa shape index (κ1) is 15.1. The first-order valence-electron chi connectivity index (χ1n) is 6.79. The summed E-state index contributed by atoms with van der Waals surface area (Å²) in [5, 5.41) is 3.45. The summed E-state index contributed by atoms with van der Waals surface area (Å²) in [6.07, 6.45) is 0.600. The molecule has 2 rings (SSSR count). The molecule has 1 fully saturated rings. The first-order chi connectivity index (χ1) is 9.30. The number of ether oxygens (including phenoxy) is 1. The van der Waals surface area contributed by atoms with E-state index < -0.39 is 11.7 Å². The Labute approximate surface area is 124 Å². The maximum absolute atomic E-state index is 11.7. The van der Waals surface area contributed by atoms with Gasteiger partial charge in [0.15, 0.2) is 0 Å². The average Bonchev–Trinajstić information content (AvgIpc) is 3.08. The van der Waals surface area contributed by atoms with Crippen molar-refractivity contribution in [1.29, 1.82) is 0 Å². The van der Waals surface area contributed by atoms with Crippen molar-refractivity contribution in [3.63, 3.8) is 0 Å². The molecule has 1 saturated carbocycles. The highest BCUT2D eigenvalue weighted by Gasteiger charge is 2.38. The maximum atomic E-state index is 11.7. The molecule has 4 nitrogen and oxygen atoms in total. The summed E-state index contributed by atoms with van der Waals surface area (Å²) in [4.78, 5) is 11.7. The second kappa shape index (κ2) is 5.62. The van der Waals surface area contributed by atoms with Crippen LogP contribution in [0.3, 0.4) is 0 Å². The van der Waals surface area contributed by atoms with E-state index in [-0.39, 0.29) is 0 Å². The van der Waals surface area contributed by atoms with Crippen LogP contribution in [0.25, 0.3) is 0 Å². The van der Waals surface area contributed by atoms with Crippen molar-refractivity contribution in [3.05, 3.63) is 28.8 Å².